The number of allylic oxidation sites excluding steroid dienone is 1. The van der Waals surface area contributed by atoms with Gasteiger partial charge in [-0.15, -0.1) is 0 Å². The summed E-state index contributed by atoms with van der Waals surface area (Å²) in [5.41, 5.74) is 9.57. The summed E-state index contributed by atoms with van der Waals surface area (Å²) >= 11 is 0. The van der Waals surface area contributed by atoms with E-state index in [0.29, 0.717) is 34.8 Å². The van der Waals surface area contributed by atoms with Crippen molar-refractivity contribution in [2.24, 2.45) is 12.8 Å². The van der Waals surface area contributed by atoms with Gasteiger partial charge in [-0.05, 0) is 42.0 Å². The van der Waals surface area contributed by atoms with E-state index in [1.165, 1.54) is 12.1 Å². The molecule has 6 nitrogen and oxygen atoms in total. The van der Waals surface area contributed by atoms with Gasteiger partial charge in [-0.2, -0.15) is 0 Å². The summed E-state index contributed by atoms with van der Waals surface area (Å²) in [5, 5.41) is 0. The molecule has 0 amide bonds. The molecule has 2 aromatic carbocycles. The van der Waals surface area contributed by atoms with E-state index in [1.54, 1.807) is 24.8 Å². The van der Waals surface area contributed by atoms with Crippen molar-refractivity contribution < 1.29 is 9.13 Å². The summed E-state index contributed by atoms with van der Waals surface area (Å²) in [6.45, 7) is 7.59. The molecule has 3 aromatic rings. The Kier molecular flexibility index (Phi) is 6.50. The number of ether oxygens (including phenoxy) is 1. The van der Waals surface area contributed by atoms with Crippen LogP contribution in [0, 0.1) is 12.4 Å². The van der Waals surface area contributed by atoms with Gasteiger partial charge in [-0.1, -0.05) is 42.5 Å². The second kappa shape index (κ2) is 9.49. The molecule has 2 N–H and O–H groups in total. The van der Waals surface area contributed by atoms with Gasteiger partial charge in [0.1, 0.15) is 11.6 Å². The molecule has 0 spiro atoms. The Morgan fingerprint density at radius 2 is 1.97 bits per heavy atom. The van der Waals surface area contributed by atoms with Crippen LogP contribution in [0.2, 0.25) is 0 Å². The van der Waals surface area contributed by atoms with Crippen LogP contribution in [-0.2, 0) is 18.4 Å². The van der Waals surface area contributed by atoms with Crippen molar-refractivity contribution >= 4 is 11.3 Å². The van der Waals surface area contributed by atoms with Crippen molar-refractivity contribution in [2.45, 2.75) is 31.9 Å². The van der Waals surface area contributed by atoms with Gasteiger partial charge in [0.05, 0.1) is 24.4 Å². The monoisotopic (exact) mass is 444 g/mol. The molecule has 7 heteroatoms. The zero-order chi connectivity index (χ0) is 23.5. The molecular weight excluding hydrogens is 419 g/mol. The molecule has 0 saturated heterocycles. The Morgan fingerprint density at radius 1 is 1.24 bits per heavy atom. The average molecular weight is 445 g/mol. The maximum Gasteiger partial charge on any atom is 0.262 e. The van der Waals surface area contributed by atoms with Gasteiger partial charge < -0.3 is 10.5 Å². The minimum Gasteiger partial charge on any atom is -0.380 e. The number of nitrogens with two attached hydrogens (primary N) is 1. The summed E-state index contributed by atoms with van der Waals surface area (Å²) in [6, 6.07) is 11.9. The highest BCUT2D eigenvalue weighted by molar-refractivity contribution is 5.82. The number of nitrogens with zero attached hydrogens (tertiary/aromatic N) is 3. The highest BCUT2D eigenvalue weighted by Gasteiger charge is 2.22. The summed E-state index contributed by atoms with van der Waals surface area (Å²) < 4.78 is 21.2. The van der Waals surface area contributed by atoms with E-state index in [2.05, 4.69) is 4.85 Å². The Balaban J connectivity index is 1.95. The molecular formula is C26H25FN4O2. The van der Waals surface area contributed by atoms with E-state index in [9.17, 15) is 9.18 Å². The van der Waals surface area contributed by atoms with Gasteiger partial charge in [-0.3, -0.25) is 9.36 Å². The van der Waals surface area contributed by atoms with Gasteiger partial charge in [0.15, 0.2) is 0 Å². The number of halogens is 1. The molecule has 33 heavy (non-hydrogen) atoms. The van der Waals surface area contributed by atoms with Gasteiger partial charge in [0, 0.05) is 25.8 Å². The molecule has 1 aliphatic carbocycles. The third-order valence-electron chi connectivity index (χ3n) is 5.92. The van der Waals surface area contributed by atoms with Crippen LogP contribution in [0.1, 0.15) is 30.7 Å². The Labute approximate surface area is 192 Å². The average Bonchev–Trinajstić information content (AvgIpc) is 2.82. The predicted octanol–water partition coefficient (Wildman–Crippen LogP) is 4.85. The minimum atomic E-state index is -0.643. The molecule has 1 aromatic heterocycles. The molecule has 168 valence electrons. The van der Waals surface area contributed by atoms with Crippen LogP contribution in [0.5, 0.6) is 0 Å². The normalized spacial score (nSPS) is 15.7. The fraction of sp³-hybridized carbons (Fsp3) is 0.269. The van der Waals surface area contributed by atoms with Crippen LogP contribution in [-0.4, -0.2) is 22.7 Å². The Bertz CT molecular complexity index is 1320. The van der Waals surface area contributed by atoms with E-state index in [4.69, 9.17) is 22.0 Å². The number of hydrogen-bond acceptors (Lipinski definition) is 4. The number of methoxy groups -OCH3 is 1. The first kappa shape index (κ1) is 22.6. The maximum absolute atomic E-state index is 14.5. The largest absolute Gasteiger partial charge is 0.380 e. The minimum absolute atomic E-state index is 0.0720. The molecule has 0 aliphatic heterocycles. The van der Waals surface area contributed by atoms with Gasteiger partial charge >= 0.3 is 0 Å². The highest BCUT2D eigenvalue weighted by atomic mass is 19.1. The van der Waals surface area contributed by atoms with E-state index in [0.717, 1.165) is 30.4 Å². The van der Waals surface area contributed by atoms with Crippen molar-refractivity contribution in [2.75, 3.05) is 7.11 Å². The van der Waals surface area contributed by atoms with Crippen molar-refractivity contribution in [3.63, 3.8) is 0 Å². The summed E-state index contributed by atoms with van der Waals surface area (Å²) in [6.07, 6.45) is 4.28. The maximum atomic E-state index is 14.5. The van der Waals surface area contributed by atoms with E-state index < -0.39 is 5.82 Å². The van der Waals surface area contributed by atoms with Crippen molar-refractivity contribution in [3.8, 4) is 22.4 Å². The fourth-order valence-electron chi connectivity index (χ4n) is 4.09. The zero-order valence-corrected chi connectivity index (χ0v) is 18.6. The number of aromatic nitrogens is 2. The van der Waals surface area contributed by atoms with Crippen LogP contribution >= 0.6 is 0 Å². The highest BCUT2D eigenvalue weighted by Crippen LogP contribution is 2.33. The molecule has 1 unspecified atom stereocenters. The number of hydrogen-bond donors (Lipinski definition) is 1. The molecule has 0 bridgehead atoms. The van der Waals surface area contributed by atoms with Gasteiger partial charge in [-0.25, -0.2) is 14.2 Å². The Morgan fingerprint density at radius 3 is 2.58 bits per heavy atom. The SMILES string of the molecule is [C-]#[N+]c1ccc(-c2nc(C3=CCC(N)CC3)n(C)c(=O)c2-c2ccc(COC)cc2)cc1F. The van der Waals surface area contributed by atoms with E-state index >= 15 is 0 Å². The van der Waals surface area contributed by atoms with Crippen molar-refractivity contribution in [3.05, 3.63) is 87.5 Å². The fourth-order valence-corrected chi connectivity index (χ4v) is 4.09. The van der Waals surface area contributed by atoms with Crippen molar-refractivity contribution in [1.82, 2.24) is 9.55 Å². The topological polar surface area (TPSA) is 74.5 Å². The molecule has 1 atom stereocenters. The Hall–Kier alpha value is -3.60. The van der Waals surface area contributed by atoms with E-state index in [-0.39, 0.29) is 17.3 Å². The van der Waals surface area contributed by atoms with Gasteiger partial charge in [0.25, 0.3) is 5.56 Å². The number of benzene rings is 2. The third-order valence-corrected chi connectivity index (χ3v) is 5.92. The summed E-state index contributed by atoms with van der Waals surface area (Å²) in [7, 11) is 3.33. The first-order chi connectivity index (χ1) is 15.9. The third kappa shape index (κ3) is 4.49. The summed E-state index contributed by atoms with van der Waals surface area (Å²) in [5.74, 6) is -0.0907. The second-order valence-electron chi connectivity index (χ2n) is 8.19. The van der Waals surface area contributed by atoms with Crippen LogP contribution < -0.4 is 11.3 Å². The molecule has 0 fully saturated rings. The standard InChI is InChI=1S/C26H25FN4O2/c1-29-22-13-10-19(14-21(22)27)24-23(17-6-4-16(5-7-17)15-33-3)26(32)31(2)25(30-24)18-8-11-20(28)12-9-18/h4-8,10,13-14,20H,9,11-12,15,28H2,2-3H3. The van der Waals surface area contributed by atoms with Crippen LogP contribution in [0.25, 0.3) is 32.8 Å². The number of rotatable bonds is 5. The molecule has 0 saturated carbocycles. The summed E-state index contributed by atoms with van der Waals surface area (Å²) in [4.78, 5) is 21.7. The van der Waals surface area contributed by atoms with Crippen LogP contribution in [0.4, 0.5) is 10.1 Å². The quantitative estimate of drug-likeness (QED) is 0.571. The first-order valence-corrected chi connectivity index (χ1v) is 10.7. The smallest absolute Gasteiger partial charge is 0.262 e. The zero-order valence-electron chi connectivity index (χ0n) is 18.6. The first-order valence-electron chi connectivity index (χ1n) is 10.7. The predicted molar refractivity (Wildman–Crippen MR) is 127 cm³/mol. The lowest BCUT2D eigenvalue weighted by atomic mass is 9.94. The van der Waals surface area contributed by atoms with Gasteiger partial charge in [0.2, 0.25) is 5.69 Å². The lowest BCUT2D eigenvalue weighted by molar-refractivity contribution is 0.185. The molecule has 4 rings (SSSR count). The molecule has 1 heterocycles. The lowest BCUT2D eigenvalue weighted by Gasteiger charge is -2.21. The lowest BCUT2D eigenvalue weighted by Crippen LogP contribution is -2.27. The molecule has 1 aliphatic rings. The van der Waals surface area contributed by atoms with Crippen molar-refractivity contribution in [1.29, 1.82) is 0 Å². The van der Waals surface area contributed by atoms with Crippen LogP contribution in [0.3, 0.4) is 0 Å². The second-order valence-corrected chi connectivity index (χ2v) is 8.19. The van der Waals surface area contributed by atoms with Crippen LogP contribution in [0.15, 0.2) is 53.3 Å². The molecule has 0 radical (unpaired) electrons. The van der Waals surface area contributed by atoms with E-state index in [1.807, 2.05) is 30.3 Å².